The Balaban J connectivity index is 2.38. The summed E-state index contributed by atoms with van der Waals surface area (Å²) in [5.74, 6) is 0. The van der Waals surface area contributed by atoms with Crippen molar-refractivity contribution in [1.29, 1.82) is 0 Å². The maximum absolute atomic E-state index is 11.3. The third-order valence-corrected chi connectivity index (χ3v) is 2.85. The molecule has 0 amide bonds. The van der Waals surface area contributed by atoms with E-state index in [1.807, 2.05) is 25.1 Å². The molecule has 1 aromatic carbocycles. The topological polar surface area (TPSA) is 104 Å². The van der Waals surface area contributed by atoms with Crippen molar-refractivity contribution in [3.05, 3.63) is 22.6 Å². The van der Waals surface area contributed by atoms with E-state index in [-0.39, 0.29) is 18.8 Å². The number of aliphatic hydroxyl groups is 2. The summed E-state index contributed by atoms with van der Waals surface area (Å²) in [6, 6.07) is 3.65. The number of anilines is 2. The number of aromatic amines is 2. The first-order valence-corrected chi connectivity index (χ1v) is 5.97. The van der Waals surface area contributed by atoms with Crippen LogP contribution in [0, 0.1) is 0 Å². The Morgan fingerprint density at radius 1 is 1.32 bits per heavy atom. The third-order valence-electron chi connectivity index (χ3n) is 2.85. The molecular weight excluding hydrogens is 248 g/mol. The molecule has 7 heteroatoms. The Bertz CT molecular complexity index is 617. The lowest BCUT2D eigenvalue weighted by Gasteiger charge is -2.19. The molecule has 0 saturated heterocycles. The van der Waals surface area contributed by atoms with Gasteiger partial charge < -0.3 is 30.4 Å². The van der Waals surface area contributed by atoms with Gasteiger partial charge in [0.2, 0.25) is 0 Å². The van der Waals surface area contributed by atoms with Gasteiger partial charge in [0, 0.05) is 20.6 Å². The lowest BCUT2D eigenvalue weighted by atomic mass is 10.2. The number of rotatable bonds is 5. The zero-order valence-electron chi connectivity index (χ0n) is 10.9. The van der Waals surface area contributed by atoms with E-state index in [0.29, 0.717) is 5.52 Å². The molecule has 0 aliphatic rings. The van der Waals surface area contributed by atoms with Gasteiger partial charge >= 0.3 is 5.69 Å². The van der Waals surface area contributed by atoms with Gasteiger partial charge in [-0.2, -0.15) is 0 Å². The van der Waals surface area contributed by atoms with Gasteiger partial charge in [-0.15, -0.1) is 0 Å². The Morgan fingerprint density at radius 3 is 2.53 bits per heavy atom. The van der Waals surface area contributed by atoms with Crippen molar-refractivity contribution in [2.24, 2.45) is 0 Å². The molecule has 0 aliphatic carbocycles. The highest BCUT2D eigenvalue weighted by Gasteiger charge is 2.10. The van der Waals surface area contributed by atoms with Gasteiger partial charge in [-0.05, 0) is 12.1 Å². The largest absolute Gasteiger partial charge is 0.394 e. The standard InChI is InChI=1S/C12H18N4O3/c1-16(2)11-4-9-8(14-12(19)15-9)3-10(11)13-5-7(18)6-17/h3-4,7,13,17-18H,5-6H2,1-2H3,(H2,14,15,19). The van der Waals surface area contributed by atoms with Gasteiger partial charge in [0.05, 0.1) is 35.1 Å². The molecule has 2 rings (SSSR count). The number of imidazole rings is 1. The molecule has 0 radical (unpaired) electrons. The van der Waals surface area contributed by atoms with Crippen LogP contribution in [0.5, 0.6) is 0 Å². The molecule has 19 heavy (non-hydrogen) atoms. The van der Waals surface area contributed by atoms with Crippen LogP contribution in [0.3, 0.4) is 0 Å². The summed E-state index contributed by atoms with van der Waals surface area (Å²) in [6.07, 6.45) is -0.823. The quantitative estimate of drug-likeness (QED) is 0.510. The SMILES string of the molecule is CN(C)c1cc2[nH]c(=O)[nH]c2cc1NCC(O)CO. The van der Waals surface area contributed by atoms with Gasteiger partial charge in [-0.1, -0.05) is 0 Å². The summed E-state index contributed by atoms with van der Waals surface area (Å²) in [6.45, 7) is -0.0645. The highest BCUT2D eigenvalue weighted by Crippen LogP contribution is 2.28. The minimum Gasteiger partial charge on any atom is -0.394 e. The Labute approximate surface area is 109 Å². The Hall–Kier alpha value is -1.99. The first kappa shape index (κ1) is 13.4. The van der Waals surface area contributed by atoms with E-state index >= 15 is 0 Å². The second-order valence-electron chi connectivity index (χ2n) is 4.61. The number of aliphatic hydroxyl groups excluding tert-OH is 2. The predicted molar refractivity (Wildman–Crippen MR) is 74.8 cm³/mol. The predicted octanol–water partition coefficient (Wildman–Crippen LogP) is -0.313. The van der Waals surface area contributed by atoms with Crippen LogP contribution in [-0.4, -0.2) is 53.5 Å². The summed E-state index contributed by atoms with van der Waals surface area (Å²) < 4.78 is 0. The van der Waals surface area contributed by atoms with Crippen molar-refractivity contribution in [3.63, 3.8) is 0 Å². The second kappa shape index (κ2) is 5.33. The van der Waals surface area contributed by atoms with Crippen molar-refractivity contribution < 1.29 is 10.2 Å². The molecule has 1 unspecified atom stereocenters. The number of aromatic nitrogens is 2. The van der Waals surface area contributed by atoms with E-state index in [1.54, 1.807) is 6.07 Å². The smallest absolute Gasteiger partial charge is 0.323 e. The molecule has 104 valence electrons. The summed E-state index contributed by atoms with van der Waals surface area (Å²) in [4.78, 5) is 18.6. The van der Waals surface area contributed by atoms with Crippen molar-refractivity contribution in [2.75, 3.05) is 37.5 Å². The van der Waals surface area contributed by atoms with Gasteiger partial charge in [-0.25, -0.2) is 4.79 Å². The van der Waals surface area contributed by atoms with Crippen LogP contribution in [0.1, 0.15) is 0 Å². The maximum Gasteiger partial charge on any atom is 0.323 e. The van der Waals surface area contributed by atoms with Crippen LogP contribution < -0.4 is 15.9 Å². The molecule has 2 aromatic rings. The molecule has 5 N–H and O–H groups in total. The molecule has 0 aliphatic heterocycles. The molecule has 0 fully saturated rings. The molecule has 1 heterocycles. The first-order chi connectivity index (χ1) is 9.01. The van der Waals surface area contributed by atoms with E-state index in [9.17, 15) is 9.90 Å². The lowest BCUT2D eigenvalue weighted by Crippen LogP contribution is -2.24. The highest BCUT2D eigenvalue weighted by atomic mass is 16.3. The van der Waals surface area contributed by atoms with Gasteiger partial charge in [-0.3, -0.25) is 0 Å². The lowest BCUT2D eigenvalue weighted by molar-refractivity contribution is 0.105. The van der Waals surface area contributed by atoms with Crippen molar-refractivity contribution >= 4 is 22.4 Å². The fourth-order valence-corrected chi connectivity index (χ4v) is 1.87. The van der Waals surface area contributed by atoms with Crippen LogP contribution >= 0.6 is 0 Å². The van der Waals surface area contributed by atoms with Crippen molar-refractivity contribution in [2.45, 2.75) is 6.10 Å². The molecule has 1 aromatic heterocycles. The number of benzene rings is 1. The number of nitrogens with one attached hydrogen (secondary N) is 3. The number of H-pyrrole nitrogens is 2. The fraction of sp³-hybridized carbons (Fsp3) is 0.417. The normalized spacial score (nSPS) is 12.6. The molecule has 1 atom stereocenters. The highest BCUT2D eigenvalue weighted by molar-refractivity contribution is 5.87. The van der Waals surface area contributed by atoms with Gasteiger partial charge in [0.15, 0.2) is 0 Å². The average Bonchev–Trinajstić information content (AvgIpc) is 2.73. The van der Waals surface area contributed by atoms with Crippen LogP contribution in [-0.2, 0) is 0 Å². The Morgan fingerprint density at radius 2 is 1.95 bits per heavy atom. The van der Waals surface area contributed by atoms with Crippen molar-refractivity contribution in [3.8, 4) is 0 Å². The molecule has 0 spiro atoms. The zero-order chi connectivity index (χ0) is 14.0. The number of hydrogen-bond acceptors (Lipinski definition) is 5. The third kappa shape index (κ3) is 2.88. The minimum atomic E-state index is -0.823. The van der Waals surface area contributed by atoms with Gasteiger partial charge in [0.1, 0.15) is 0 Å². The van der Waals surface area contributed by atoms with E-state index in [1.165, 1.54) is 0 Å². The second-order valence-corrected chi connectivity index (χ2v) is 4.61. The molecule has 0 saturated carbocycles. The van der Waals surface area contributed by atoms with Crippen LogP contribution in [0.25, 0.3) is 11.0 Å². The zero-order valence-corrected chi connectivity index (χ0v) is 10.9. The summed E-state index contributed by atoms with van der Waals surface area (Å²) in [5, 5.41) is 21.2. The summed E-state index contributed by atoms with van der Waals surface area (Å²) in [7, 11) is 3.78. The van der Waals surface area contributed by atoms with Gasteiger partial charge in [0.25, 0.3) is 0 Å². The monoisotopic (exact) mass is 266 g/mol. The van der Waals surface area contributed by atoms with E-state index < -0.39 is 6.10 Å². The van der Waals surface area contributed by atoms with Crippen LogP contribution in [0.2, 0.25) is 0 Å². The number of hydrogen-bond donors (Lipinski definition) is 5. The first-order valence-electron chi connectivity index (χ1n) is 5.97. The minimum absolute atomic E-state index is 0.234. The summed E-state index contributed by atoms with van der Waals surface area (Å²) in [5.41, 5.74) is 2.82. The van der Waals surface area contributed by atoms with E-state index in [0.717, 1.165) is 16.9 Å². The molecule has 0 bridgehead atoms. The average molecular weight is 266 g/mol. The van der Waals surface area contributed by atoms with E-state index in [2.05, 4.69) is 15.3 Å². The fourth-order valence-electron chi connectivity index (χ4n) is 1.87. The van der Waals surface area contributed by atoms with Crippen molar-refractivity contribution in [1.82, 2.24) is 9.97 Å². The molecule has 7 nitrogen and oxygen atoms in total. The van der Waals surface area contributed by atoms with E-state index in [4.69, 9.17) is 5.11 Å². The molecular formula is C12H18N4O3. The summed E-state index contributed by atoms with van der Waals surface area (Å²) >= 11 is 0. The van der Waals surface area contributed by atoms with Crippen LogP contribution in [0.15, 0.2) is 16.9 Å². The van der Waals surface area contributed by atoms with Crippen LogP contribution in [0.4, 0.5) is 11.4 Å². The maximum atomic E-state index is 11.3. The number of fused-ring (bicyclic) bond motifs is 1. The Kier molecular flexibility index (Phi) is 3.77. The number of nitrogens with zero attached hydrogens (tertiary/aromatic N) is 1.